The highest BCUT2D eigenvalue weighted by Crippen LogP contribution is 2.16. The first kappa shape index (κ1) is 10.6. The Labute approximate surface area is 79.2 Å². The maximum atomic E-state index is 13.1. The Bertz CT molecular complexity index is 355. The Hall–Kier alpha value is -1.49. The summed E-state index contributed by atoms with van der Waals surface area (Å²) in [6.45, 7) is 0. The number of halogens is 2. The number of carboxylic acids is 1. The summed E-state index contributed by atoms with van der Waals surface area (Å²) in [5, 5.41) is 10.2. The molecule has 1 aromatic carbocycles. The van der Waals surface area contributed by atoms with Gasteiger partial charge in [0.2, 0.25) is 0 Å². The third-order valence-corrected chi connectivity index (χ3v) is 1.82. The molecule has 0 saturated carbocycles. The average Bonchev–Trinajstić information content (AvgIpc) is 2.01. The Morgan fingerprint density at radius 3 is 2.64 bits per heavy atom. The molecule has 0 heterocycles. The predicted molar refractivity (Wildman–Crippen MR) is 41.6 cm³/mol. The minimum Gasteiger partial charge on any atom is -0.550 e. The number of quaternary nitrogens is 1. The maximum absolute atomic E-state index is 13.1. The molecule has 0 aliphatic heterocycles. The van der Waals surface area contributed by atoms with E-state index < -0.39 is 23.6 Å². The molecule has 5 heteroatoms. The van der Waals surface area contributed by atoms with Crippen molar-refractivity contribution in [3.05, 3.63) is 35.4 Å². The molecule has 14 heavy (non-hydrogen) atoms. The molecule has 1 rings (SSSR count). The zero-order valence-electron chi connectivity index (χ0n) is 7.30. The lowest BCUT2D eigenvalue weighted by atomic mass is 10.0. The Balaban J connectivity index is 2.90. The van der Waals surface area contributed by atoms with Crippen LogP contribution in [-0.2, 0) is 4.79 Å². The van der Waals surface area contributed by atoms with Gasteiger partial charge in [-0.3, -0.25) is 0 Å². The summed E-state index contributed by atoms with van der Waals surface area (Å²) in [7, 11) is 0. The van der Waals surface area contributed by atoms with Gasteiger partial charge in [0.25, 0.3) is 0 Å². The lowest BCUT2D eigenvalue weighted by Gasteiger charge is -2.10. The van der Waals surface area contributed by atoms with Crippen molar-refractivity contribution in [3.63, 3.8) is 0 Å². The molecule has 0 spiro atoms. The van der Waals surface area contributed by atoms with Crippen molar-refractivity contribution in [1.29, 1.82) is 0 Å². The Morgan fingerprint density at radius 1 is 1.50 bits per heavy atom. The van der Waals surface area contributed by atoms with E-state index in [1.54, 1.807) is 0 Å². The van der Waals surface area contributed by atoms with Gasteiger partial charge >= 0.3 is 0 Å². The topological polar surface area (TPSA) is 67.8 Å². The fourth-order valence-corrected chi connectivity index (χ4v) is 1.14. The molecular formula is C9H9F2NO2. The first-order valence-electron chi connectivity index (χ1n) is 3.98. The Kier molecular flexibility index (Phi) is 3.14. The molecule has 0 fully saturated rings. The second kappa shape index (κ2) is 4.15. The minimum atomic E-state index is -1.31. The smallest absolute Gasteiger partial charge is 0.135 e. The SMILES string of the molecule is [NH3+][C@H](CC(=O)[O-])c1ccc(F)cc1F. The molecule has 0 aliphatic carbocycles. The standard InChI is InChI=1S/C9H9F2NO2/c10-5-1-2-6(7(11)3-5)8(12)4-9(13)14/h1-3,8H,4,12H2,(H,13,14)/t8-/m1/s1. The maximum Gasteiger partial charge on any atom is 0.135 e. The second-order valence-electron chi connectivity index (χ2n) is 2.94. The van der Waals surface area contributed by atoms with Crippen molar-refractivity contribution in [3.8, 4) is 0 Å². The third kappa shape index (κ3) is 2.50. The third-order valence-electron chi connectivity index (χ3n) is 1.82. The first-order chi connectivity index (χ1) is 6.50. The molecule has 0 bridgehead atoms. The van der Waals surface area contributed by atoms with Crippen molar-refractivity contribution in [2.45, 2.75) is 12.5 Å². The largest absolute Gasteiger partial charge is 0.550 e. The predicted octanol–water partition coefficient (Wildman–Crippen LogP) is -0.612. The number of benzene rings is 1. The molecular weight excluding hydrogens is 192 g/mol. The Morgan fingerprint density at radius 2 is 2.14 bits per heavy atom. The molecule has 3 nitrogen and oxygen atoms in total. The quantitative estimate of drug-likeness (QED) is 0.708. The van der Waals surface area contributed by atoms with Crippen LogP contribution in [0.5, 0.6) is 0 Å². The van der Waals surface area contributed by atoms with Crippen LogP contribution < -0.4 is 10.8 Å². The van der Waals surface area contributed by atoms with Gasteiger partial charge in [0, 0.05) is 24.0 Å². The van der Waals surface area contributed by atoms with Crippen LogP contribution in [0.4, 0.5) is 8.78 Å². The van der Waals surface area contributed by atoms with Crippen molar-refractivity contribution in [1.82, 2.24) is 0 Å². The van der Waals surface area contributed by atoms with E-state index in [-0.39, 0.29) is 12.0 Å². The molecule has 0 unspecified atom stereocenters. The fourth-order valence-electron chi connectivity index (χ4n) is 1.14. The number of carbonyl (C=O) groups is 1. The summed E-state index contributed by atoms with van der Waals surface area (Å²) in [5.41, 5.74) is 3.53. The molecule has 0 aliphatic rings. The molecule has 1 atom stereocenters. The zero-order valence-corrected chi connectivity index (χ0v) is 7.30. The van der Waals surface area contributed by atoms with Crippen LogP contribution in [0, 0.1) is 11.6 Å². The van der Waals surface area contributed by atoms with Gasteiger partial charge in [0.05, 0.1) is 0 Å². The monoisotopic (exact) mass is 201 g/mol. The van der Waals surface area contributed by atoms with Gasteiger partial charge in [-0.05, 0) is 12.1 Å². The van der Waals surface area contributed by atoms with Crippen LogP contribution in [0.15, 0.2) is 18.2 Å². The van der Waals surface area contributed by atoms with Crippen molar-refractivity contribution < 1.29 is 24.4 Å². The summed E-state index contributed by atoms with van der Waals surface area (Å²) in [4.78, 5) is 10.2. The molecule has 1 aromatic rings. The van der Waals surface area contributed by atoms with E-state index in [4.69, 9.17) is 0 Å². The summed E-state index contributed by atoms with van der Waals surface area (Å²) in [5.74, 6) is -2.80. The molecule has 0 radical (unpaired) electrons. The normalized spacial score (nSPS) is 12.5. The van der Waals surface area contributed by atoms with Crippen LogP contribution in [0.1, 0.15) is 18.0 Å². The zero-order chi connectivity index (χ0) is 10.7. The number of hydrogen-bond acceptors (Lipinski definition) is 2. The molecule has 0 amide bonds. The van der Waals surface area contributed by atoms with Crippen molar-refractivity contribution in [2.24, 2.45) is 0 Å². The lowest BCUT2D eigenvalue weighted by Crippen LogP contribution is -2.55. The summed E-state index contributed by atoms with van der Waals surface area (Å²) in [6, 6.07) is 2.18. The van der Waals surface area contributed by atoms with Gasteiger partial charge in [0.1, 0.15) is 17.7 Å². The fraction of sp³-hybridized carbons (Fsp3) is 0.222. The molecule has 76 valence electrons. The highest BCUT2D eigenvalue weighted by Gasteiger charge is 2.15. The van der Waals surface area contributed by atoms with E-state index in [1.165, 1.54) is 6.07 Å². The number of aliphatic carboxylic acids is 1. The molecule has 0 aromatic heterocycles. The van der Waals surface area contributed by atoms with Crippen LogP contribution in [0.3, 0.4) is 0 Å². The van der Waals surface area contributed by atoms with Gasteiger partial charge in [-0.15, -0.1) is 0 Å². The number of carbonyl (C=O) groups excluding carboxylic acids is 1. The van der Waals surface area contributed by atoms with Gasteiger partial charge < -0.3 is 15.6 Å². The number of hydrogen-bond donors (Lipinski definition) is 1. The minimum absolute atomic E-state index is 0.0793. The summed E-state index contributed by atoms with van der Waals surface area (Å²) < 4.78 is 25.5. The summed E-state index contributed by atoms with van der Waals surface area (Å²) in [6.07, 6.45) is -0.386. The van der Waals surface area contributed by atoms with Crippen molar-refractivity contribution >= 4 is 5.97 Å². The van der Waals surface area contributed by atoms with E-state index in [9.17, 15) is 18.7 Å². The molecule has 3 N–H and O–H groups in total. The van der Waals surface area contributed by atoms with Crippen LogP contribution in [0.25, 0.3) is 0 Å². The van der Waals surface area contributed by atoms with Gasteiger partial charge in [-0.25, -0.2) is 8.78 Å². The van der Waals surface area contributed by atoms with E-state index in [2.05, 4.69) is 5.73 Å². The highest BCUT2D eigenvalue weighted by molar-refractivity contribution is 5.65. The lowest BCUT2D eigenvalue weighted by molar-refractivity contribution is -0.431. The van der Waals surface area contributed by atoms with Crippen LogP contribution in [0.2, 0.25) is 0 Å². The van der Waals surface area contributed by atoms with Gasteiger partial charge in [0.15, 0.2) is 0 Å². The van der Waals surface area contributed by atoms with E-state index in [0.717, 1.165) is 6.07 Å². The van der Waals surface area contributed by atoms with E-state index in [1.807, 2.05) is 0 Å². The van der Waals surface area contributed by atoms with Gasteiger partial charge in [-0.1, -0.05) is 0 Å². The van der Waals surface area contributed by atoms with E-state index >= 15 is 0 Å². The van der Waals surface area contributed by atoms with Gasteiger partial charge in [-0.2, -0.15) is 0 Å². The molecule has 0 saturated heterocycles. The van der Waals surface area contributed by atoms with E-state index in [0.29, 0.717) is 6.07 Å². The van der Waals surface area contributed by atoms with Crippen molar-refractivity contribution in [2.75, 3.05) is 0 Å². The number of carboxylic acid groups (broad SMARTS) is 1. The highest BCUT2D eigenvalue weighted by atomic mass is 19.1. The number of rotatable bonds is 3. The van der Waals surface area contributed by atoms with Crippen LogP contribution in [-0.4, -0.2) is 5.97 Å². The average molecular weight is 201 g/mol. The second-order valence-corrected chi connectivity index (χ2v) is 2.94. The van der Waals surface area contributed by atoms with Crippen LogP contribution >= 0.6 is 0 Å². The first-order valence-corrected chi connectivity index (χ1v) is 3.98. The summed E-state index contributed by atoms with van der Waals surface area (Å²) >= 11 is 0.